The maximum atomic E-state index is 11.0. The number of rotatable bonds is 2. The smallest absolute Gasteiger partial charge is 0.441 e. The fourth-order valence-electron chi connectivity index (χ4n) is 0.903. The number of carbonyl (C=O) groups excluding carboxylic acids is 2. The number of amides is 2. The minimum Gasteiger partial charge on any atom is -0.443 e. The third-order valence-electron chi connectivity index (χ3n) is 1.61. The second-order valence-corrected chi connectivity index (χ2v) is 3.68. The summed E-state index contributed by atoms with van der Waals surface area (Å²) in [6, 6.07) is 4.72. The molecule has 0 spiro atoms. The Morgan fingerprint density at radius 3 is 2.65 bits per heavy atom. The Morgan fingerprint density at radius 1 is 1.35 bits per heavy atom. The maximum Gasteiger partial charge on any atom is 0.441 e. The summed E-state index contributed by atoms with van der Waals surface area (Å²) in [6.07, 6.45) is -2.11. The van der Waals surface area contributed by atoms with Crippen LogP contribution in [0.15, 0.2) is 18.2 Å². The van der Waals surface area contributed by atoms with Crippen molar-refractivity contribution in [2.45, 2.75) is 6.61 Å². The van der Waals surface area contributed by atoms with E-state index in [0.29, 0.717) is 15.6 Å². The van der Waals surface area contributed by atoms with Crippen LogP contribution in [0.25, 0.3) is 0 Å². The number of nitrogens with one attached hydrogen (secondary N) is 1. The Balaban J connectivity index is 2.44. The largest absolute Gasteiger partial charge is 0.443 e. The van der Waals surface area contributed by atoms with Gasteiger partial charge in [-0.05, 0) is 12.1 Å². The van der Waals surface area contributed by atoms with E-state index in [0.717, 1.165) is 0 Å². The first kappa shape index (κ1) is 13.4. The lowest BCUT2D eigenvalue weighted by Gasteiger charge is -2.07. The topological polar surface area (TPSA) is 90.7 Å². The minimum absolute atomic E-state index is 0.0933. The first-order chi connectivity index (χ1) is 7.99. The molecule has 0 heterocycles. The van der Waals surface area contributed by atoms with Crippen molar-refractivity contribution in [3.8, 4) is 0 Å². The highest BCUT2D eigenvalue weighted by atomic mass is 35.5. The number of hydrogen-bond donors (Lipinski definition) is 2. The molecule has 1 rings (SSSR count). The van der Waals surface area contributed by atoms with Crippen LogP contribution in [0, 0.1) is 0 Å². The van der Waals surface area contributed by atoms with E-state index in [9.17, 15) is 9.59 Å². The second kappa shape index (κ2) is 6.17. The molecule has 92 valence electrons. The lowest BCUT2D eigenvalue weighted by atomic mass is 10.2. The van der Waals surface area contributed by atoms with Gasteiger partial charge in [0.2, 0.25) is 0 Å². The Hall–Kier alpha value is -1.66. The molecule has 0 unspecified atom stereocenters. The van der Waals surface area contributed by atoms with E-state index in [2.05, 4.69) is 15.3 Å². The first-order valence-electron chi connectivity index (χ1n) is 4.32. The number of halogens is 2. The second-order valence-electron chi connectivity index (χ2n) is 2.84. The van der Waals surface area contributed by atoms with Gasteiger partial charge >= 0.3 is 12.2 Å². The van der Waals surface area contributed by atoms with E-state index >= 15 is 0 Å². The van der Waals surface area contributed by atoms with Gasteiger partial charge in [0.25, 0.3) is 0 Å². The molecule has 0 fully saturated rings. The van der Waals surface area contributed by atoms with E-state index < -0.39 is 12.2 Å². The number of hydroxylamine groups is 1. The van der Waals surface area contributed by atoms with E-state index in [1.165, 1.54) is 6.07 Å². The van der Waals surface area contributed by atoms with Gasteiger partial charge in [0, 0.05) is 15.6 Å². The molecule has 0 aliphatic carbocycles. The van der Waals surface area contributed by atoms with Crippen molar-refractivity contribution in [2.75, 3.05) is 0 Å². The zero-order chi connectivity index (χ0) is 12.8. The lowest BCUT2D eigenvalue weighted by molar-refractivity contribution is 0.0647. The predicted molar refractivity (Wildman–Crippen MR) is 60.5 cm³/mol. The summed E-state index contributed by atoms with van der Waals surface area (Å²) in [5.41, 5.74) is 6.86. The van der Waals surface area contributed by atoms with Gasteiger partial charge in [-0.2, -0.15) is 0 Å². The summed E-state index contributed by atoms with van der Waals surface area (Å²) in [7, 11) is 0. The molecule has 0 bridgehead atoms. The van der Waals surface area contributed by atoms with E-state index in [-0.39, 0.29) is 6.61 Å². The summed E-state index contributed by atoms with van der Waals surface area (Å²) in [5, 5.41) is 0.835. The zero-order valence-corrected chi connectivity index (χ0v) is 9.92. The number of nitrogens with two attached hydrogens (primary N) is 1. The summed E-state index contributed by atoms with van der Waals surface area (Å²) in [4.78, 5) is 25.1. The van der Waals surface area contributed by atoms with Crippen LogP contribution in [0.3, 0.4) is 0 Å². The van der Waals surface area contributed by atoms with Crippen LogP contribution in [0.2, 0.25) is 10.0 Å². The minimum atomic E-state index is -1.15. The molecule has 6 nitrogen and oxygen atoms in total. The summed E-state index contributed by atoms with van der Waals surface area (Å²) in [5.74, 6) is 0. The fourth-order valence-corrected chi connectivity index (χ4v) is 1.37. The molecule has 0 aliphatic heterocycles. The highest BCUT2D eigenvalue weighted by Gasteiger charge is 2.07. The molecule has 0 saturated heterocycles. The van der Waals surface area contributed by atoms with Crippen LogP contribution in [0.4, 0.5) is 9.59 Å². The Morgan fingerprint density at radius 2 is 2.06 bits per heavy atom. The van der Waals surface area contributed by atoms with Crippen LogP contribution in [0.5, 0.6) is 0 Å². The standard InChI is InChI=1S/C9H8Cl2N2O4/c10-6-2-1-5(7(11)3-6)4-16-9(15)13-17-8(12)14/h1-3H,4H2,(H2,12,14)(H,13,15). The van der Waals surface area contributed by atoms with Crippen LogP contribution in [-0.4, -0.2) is 12.2 Å². The summed E-state index contributed by atoms with van der Waals surface area (Å²) in [6.45, 7) is -0.0933. The number of ether oxygens (including phenoxy) is 1. The van der Waals surface area contributed by atoms with Crippen molar-refractivity contribution in [3.05, 3.63) is 33.8 Å². The molecule has 0 saturated carbocycles. The van der Waals surface area contributed by atoms with Gasteiger partial charge in [-0.3, -0.25) is 0 Å². The maximum absolute atomic E-state index is 11.0. The molecule has 3 N–H and O–H groups in total. The molecule has 1 aromatic carbocycles. The number of carbonyl (C=O) groups is 2. The Bertz CT molecular complexity index is 439. The molecular weight excluding hydrogens is 271 g/mol. The number of hydrogen-bond acceptors (Lipinski definition) is 4. The van der Waals surface area contributed by atoms with Crippen molar-refractivity contribution < 1.29 is 19.2 Å². The molecule has 0 aliphatic rings. The van der Waals surface area contributed by atoms with Crippen molar-refractivity contribution >= 4 is 35.4 Å². The Kier molecular flexibility index (Phi) is 4.86. The molecule has 1 aromatic rings. The average Bonchev–Trinajstić information content (AvgIpc) is 2.25. The third-order valence-corrected chi connectivity index (χ3v) is 2.20. The van der Waals surface area contributed by atoms with Crippen LogP contribution >= 0.6 is 23.2 Å². The van der Waals surface area contributed by atoms with E-state index in [4.69, 9.17) is 23.2 Å². The van der Waals surface area contributed by atoms with Crippen LogP contribution in [0.1, 0.15) is 5.56 Å². The van der Waals surface area contributed by atoms with Gasteiger partial charge in [0.1, 0.15) is 6.61 Å². The number of primary amides is 1. The Labute approximate surface area is 107 Å². The highest BCUT2D eigenvalue weighted by Crippen LogP contribution is 2.21. The van der Waals surface area contributed by atoms with Gasteiger partial charge in [0.15, 0.2) is 0 Å². The van der Waals surface area contributed by atoms with Gasteiger partial charge in [-0.1, -0.05) is 29.3 Å². The van der Waals surface area contributed by atoms with Crippen molar-refractivity contribution in [1.29, 1.82) is 0 Å². The summed E-state index contributed by atoms with van der Waals surface area (Å²) < 4.78 is 4.69. The average molecular weight is 279 g/mol. The third kappa shape index (κ3) is 4.80. The van der Waals surface area contributed by atoms with Crippen molar-refractivity contribution in [1.82, 2.24) is 5.48 Å². The molecule has 17 heavy (non-hydrogen) atoms. The van der Waals surface area contributed by atoms with Gasteiger partial charge < -0.3 is 15.3 Å². The SMILES string of the molecule is NC(=O)ONC(=O)OCc1ccc(Cl)cc1Cl. The molecule has 2 amide bonds. The van der Waals surface area contributed by atoms with Gasteiger partial charge in [0.05, 0.1) is 0 Å². The fraction of sp³-hybridized carbons (Fsp3) is 0.111. The molecule has 0 atom stereocenters. The quantitative estimate of drug-likeness (QED) is 0.812. The number of benzene rings is 1. The first-order valence-corrected chi connectivity index (χ1v) is 5.07. The monoisotopic (exact) mass is 278 g/mol. The van der Waals surface area contributed by atoms with Gasteiger partial charge in [-0.15, -0.1) is 5.48 Å². The molecule has 0 radical (unpaired) electrons. The molecular formula is C9H8Cl2N2O4. The van der Waals surface area contributed by atoms with Crippen molar-refractivity contribution in [3.63, 3.8) is 0 Å². The lowest BCUT2D eigenvalue weighted by Crippen LogP contribution is -2.30. The highest BCUT2D eigenvalue weighted by molar-refractivity contribution is 6.35. The van der Waals surface area contributed by atoms with Crippen LogP contribution in [-0.2, 0) is 16.2 Å². The van der Waals surface area contributed by atoms with E-state index in [1.54, 1.807) is 17.6 Å². The molecule has 8 heteroatoms. The van der Waals surface area contributed by atoms with Crippen LogP contribution < -0.4 is 11.2 Å². The predicted octanol–water partition coefficient (Wildman–Crippen LogP) is 2.23. The van der Waals surface area contributed by atoms with Gasteiger partial charge in [-0.25, -0.2) is 9.59 Å². The zero-order valence-electron chi connectivity index (χ0n) is 8.41. The molecule has 0 aromatic heterocycles. The normalized spacial score (nSPS) is 9.53. The van der Waals surface area contributed by atoms with E-state index in [1.807, 2.05) is 0 Å². The van der Waals surface area contributed by atoms with Crippen molar-refractivity contribution in [2.24, 2.45) is 5.73 Å². The summed E-state index contributed by atoms with van der Waals surface area (Å²) >= 11 is 11.5.